The van der Waals surface area contributed by atoms with Crippen LogP contribution in [-0.4, -0.2) is 41.5 Å². The van der Waals surface area contributed by atoms with Gasteiger partial charge in [0.15, 0.2) is 0 Å². The van der Waals surface area contributed by atoms with Crippen LogP contribution < -0.4 is 16.6 Å². The van der Waals surface area contributed by atoms with Crippen molar-refractivity contribution in [2.75, 3.05) is 0 Å². The van der Waals surface area contributed by atoms with E-state index in [1.54, 1.807) is 6.92 Å². The zero-order valence-electron chi connectivity index (χ0n) is 20.7. The van der Waals surface area contributed by atoms with Crippen LogP contribution in [-0.2, 0) is 25.3 Å². The second kappa shape index (κ2) is 10.2. The minimum Gasteiger partial charge on any atom is -0.480 e. The van der Waals surface area contributed by atoms with Crippen molar-refractivity contribution in [2.45, 2.75) is 25.8 Å². The van der Waals surface area contributed by atoms with Gasteiger partial charge in [-0.3, -0.25) is 14.2 Å². The number of alkyl halides is 2. The molecule has 0 fully saturated rings. The Bertz CT molecular complexity index is 1740. The Balaban J connectivity index is 1.71. The van der Waals surface area contributed by atoms with Gasteiger partial charge in [0.05, 0.1) is 5.56 Å². The van der Waals surface area contributed by atoms with Gasteiger partial charge in [0.2, 0.25) is 0 Å². The Labute approximate surface area is 216 Å². The number of carbonyl (C=O) groups excluding carboxylic acids is 1. The number of pyridine rings is 1. The standard InChI is InChI=1S/C25H21F4N5O5/c1-11-18(23(36)33(3)25(39)32(11)2)14-5-4-13(34-7-6-30-21(14)34)10-17(24(37)38)31-22(35)19-15(26)8-12(20(28)29)9-16(19)27/h4-9,17,20H,10H2,1-3H3,(H,31,35)(H,37,38). The van der Waals surface area contributed by atoms with Crippen LogP contribution >= 0.6 is 0 Å². The number of rotatable bonds is 7. The number of carboxylic acids is 1. The molecule has 0 saturated heterocycles. The maximum Gasteiger partial charge on any atom is 0.330 e. The number of amides is 1. The van der Waals surface area contributed by atoms with E-state index in [1.807, 2.05) is 5.32 Å². The van der Waals surface area contributed by atoms with Crippen LogP contribution in [0, 0.1) is 18.6 Å². The third-order valence-corrected chi connectivity index (χ3v) is 6.42. The molecule has 3 heterocycles. The molecule has 3 aromatic heterocycles. The summed E-state index contributed by atoms with van der Waals surface area (Å²) >= 11 is 0. The van der Waals surface area contributed by atoms with E-state index >= 15 is 0 Å². The molecule has 0 radical (unpaired) electrons. The molecule has 0 aliphatic carbocycles. The van der Waals surface area contributed by atoms with E-state index in [4.69, 9.17) is 0 Å². The molecule has 0 spiro atoms. The minimum atomic E-state index is -3.18. The molecule has 39 heavy (non-hydrogen) atoms. The van der Waals surface area contributed by atoms with Crippen LogP contribution in [0.5, 0.6) is 0 Å². The molecule has 0 bridgehead atoms. The zero-order chi connectivity index (χ0) is 28.8. The van der Waals surface area contributed by atoms with E-state index in [1.165, 1.54) is 47.6 Å². The van der Waals surface area contributed by atoms with Gasteiger partial charge in [0, 0.05) is 55.4 Å². The van der Waals surface area contributed by atoms with Crippen LogP contribution in [0.15, 0.2) is 46.2 Å². The number of hydrogen-bond donors (Lipinski definition) is 2. The summed E-state index contributed by atoms with van der Waals surface area (Å²) < 4.78 is 57.9. The molecule has 1 aromatic carbocycles. The fraction of sp³-hybridized carbons (Fsp3) is 0.240. The van der Waals surface area contributed by atoms with Gasteiger partial charge in [-0.1, -0.05) is 0 Å². The van der Waals surface area contributed by atoms with Crippen LogP contribution in [0.4, 0.5) is 17.6 Å². The van der Waals surface area contributed by atoms with Crippen molar-refractivity contribution in [1.29, 1.82) is 0 Å². The predicted octanol–water partition coefficient (Wildman–Crippen LogP) is 2.35. The van der Waals surface area contributed by atoms with Gasteiger partial charge in [-0.2, -0.15) is 0 Å². The van der Waals surface area contributed by atoms with Crippen LogP contribution in [0.3, 0.4) is 0 Å². The van der Waals surface area contributed by atoms with Crippen molar-refractivity contribution in [1.82, 2.24) is 23.8 Å². The Kier molecular flexibility index (Phi) is 7.13. The first kappa shape index (κ1) is 27.3. The first-order chi connectivity index (χ1) is 18.3. The summed E-state index contributed by atoms with van der Waals surface area (Å²) in [6.07, 6.45) is -0.674. The van der Waals surface area contributed by atoms with Gasteiger partial charge in [-0.15, -0.1) is 0 Å². The van der Waals surface area contributed by atoms with E-state index in [-0.39, 0.29) is 17.6 Å². The van der Waals surface area contributed by atoms with E-state index in [0.29, 0.717) is 29.1 Å². The molecule has 1 unspecified atom stereocenters. The average Bonchev–Trinajstić information content (AvgIpc) is 3.37. The molecule has 4 aromatic rings. The lowest BCUT2D eigenvalue weighted by Gasteiger charge is -2.18. The number of imidazole rings is 1. The second-order valence-electron chi connectivity index (χ2n) is 8.75. The van der Waals surface area contributed by atoms with Gasteiger partial charge in [-0.25, -0.2) is 32.1 Å². The smallest absolute Gasteiger partial charge is 0.330 e. The molecular formula is C25H21F4N5O5. The highest BCUT2D eigenvalue weighted by Crippen LogP contribution is 2.26. The van der Waals surface area contributed by atoms with E-state index in [9.17, 15) is 41.8 Å². The number of aromatic nitrogens is 4. The fourth-order valence-corrected chi connectivity index (χ4v) is 4.26. The molecule has 0 saturated carbocycles. The van der Waals surface area contributed by atoms with Gasteiger partial charge in [0.25, 0.3) is 17.9 Å². The lowest BCUT2D eigenvalue weighted by Crippen LogP contribution is -2.43. The minimum absolute atomic E-state index is 0.198. The molecule has 2 N–H and O–H groups in total. The molecule has 14 heteroatoms. The Morgan fingerprint density at radius 2 is 1.72 bits per heavy atom. The molecule has 1 atom stereocenters. The summed E-state index contributed by atoms with van der Waals surface area (Å²) in [5, 5.41) is 11.7. The third-order valence-electron chi connectivity index (χ3n) is 6.42. The monoisotopic (exact) mass is 547 g/mol. The van der Waals surface area contributed by atoms with Gasteiger partial charge >= 0.3 is 11.7 Å². The summed E-state index contributed by atoms with van der Waals surface area (Å²) in [5.74, 6) is -6.11. The number of fused-ring (bicyclic) bond motifs is 1. The quantitative estimate of drug-likeness (QED) is 0.342. The lowest BCUT2D eigenvalue weighted by atomic mass is 10.0. The van der Waals surface area contributed by atoms with Crippen LogP contribution in [0.2, 0.25) is 0 Å². The largest absolute Gasteiger partial charge is 0.480 e. The normalized spacial score (nSPS) is 12.2. The summed E-state index contributed by atoms with van der Waals surface area (Å²) in [5.41, 5.74) is -1.77. The number of nitrogens with one attached hydrogen (secondary N) is 1. The number of benzene rings is 1. The van der Waals surface area contributed by atoms with Crippen molar-refractivity contribution in [3.63, 3.8) is 0 Å². The Morgan fingerprint density at radius 1 is 1.08 bits per heavy atom. The number of carbonyl (C=O) groups is 2. The molecule has 10 nitrogen and oxygen atoms in total. The van der Waals surface area contributed by atoms with Gasteiger partial charge in [-0.05, 0) is 31.2 Å². The number of carboxylic acid groups (broad SMARTS) is 1. The van der Waals surface area contributed by atoms with Crippen LogP contribution in [0.25, 0.3) is 16.8 Å². The number of aliphatic carboxylic acids is 1. The third kappa shape index (κ3) is 4.80. The van der Waals surface area contributed by atoms with E-state index < -0.39 is 58.4 Å². The van der Waals surface area contributed by atoms with Crippen molar-refractivity contribution >= 4 is 17.5 Å². The summed E-state index contributed by atoms with van der Waals surface area (Å²) in [4.78, 5) is 54.0. The SMILES string of the molecule is Cc1c(-c2ccc(CC(NC(=O)c3c(F)cc(C(F)F)cc3F)C(=O)O)n3ccnc23)c(=O)n(C)c(=O)n1C. The van der Waals surface area contributed by atoms with Crippen molar-refractivity contribution in [3.8, 4) is 11.1 Å². The number of nitrogens with zero attached hydrogens (tertiary/aromatic N) is 4. The molecule has 4 rings (SSSR count). The van der Waals surface area contributed by atoms with Crippen molar-refractivity contribution in [2.24, 2.45) is 14.1 Å². The zero-order valence-corrected chi connectivity index (χ0v) is 20.7. The molecular weight excluding hydrogens is 526 g/mol. The Hall–Kier alpha value is -4.75. The fourth-order valence-electron chi connectivity index (χ4n) is 4.26. The average molecular weight is 547 g/mol. The van der Waals surface area contributed by atoms with Crippen molar-refractivity contribution < 1.29 is 32.3 Å². The molecule has 0 aliphatic rings. The second-order valence-corrected chi connectivity index (χ2v) is 8.75. The maximum absolute atomic E-state index is 14.3. The molecule has 1 amide bonds. The van der Waals surface area contributed by atoms with Gasteiger partial charge < -0.3 is 19.4 Å². The predicted molar refractivity (Wildman–Crippen MR) is 130 cm³/mol. The first-order valence-electron chi connectivity index (χ1n) is 11.4. The number of halogens is 4. The van der Waals surface area contributed by atoms with Crippen molar-refractivity contribution in [3.05, 3.63) is 91.6 Å². The van der Waals surface area contributed by atoms with E-state index in [0.717, 1.165) is 4.57 Å². The first-order valence-corrected chi connectivity index (χ1v) is 11.4. The van der Waals surface area contributed by atoms with E-state index in [2.05, 4.69) is 4.98 Å². The highest BCUT2D eigenvalue weighted by Gasteiger charge is 2.28. The Morgan fingerprint density at radius 3 is 2.31 bits per heavy atom. The number of hydrogen-bond acceptors (Lipinski definition) is 5. The maximum atomic E-state index is 14.3. The highest BCUT2D eigenvalue weighted by atomic mass is 19.3. The van der Waals surface area contributed by atoms with Gasteiger partial charge in [0.1, 0.15) is 28.9 Å². The van der Waals surface area contributed by atoms with Crippen LogP contribution in [0.1, 0.15) is 33.7 Å². The molecule has 204 valence electrons. The lowest BCUT2D eigenvalue weighted by molar-refractivity contribution is -0.139. The highest BCUT2D eigenvalue weighted by molar-refractivity contribution is 5.97. The summed E-state index contributed by atoms with van der Waals surface area (Å²) in [7, 11) is 2.84. The summed E-state index contributed by atoms with van der Waals surface area (Å²) in [6, 6.07) is 1.91. The topological polar surface area (TPSA) is 128 Å². The molecule has 0 aliphatic heterocycles. The summed E-state index contributed by atoms with van der Waals surface area (Å²) in [6.45, 7) is 1.59.